The maximum atomic E-state index is 10.7. The number of nitrogens with zero attached hydrogens (tertiary/aromatic N) is 2. The van der Waals surface area contributed by atoms with Crippen LogP contribution >= 0.6 is 35.4 Å². The molecular weight excluding hydrogens is 341 g/mol. The van der Waals surface area contributed by atoms with Crippen molar-refractivity contribution in [2.45, 2.75) is 26.9 Å². The number of benzene rings is 1. The Labute approximate surface area is 144 Å². The minimum atomic E-state index is -0.772. The molecule has 2 N–H and O–H groups in total. The fraction of sp³-hybridized carbons (Fsp3) is 0.333. The fourth-order valence-electron chi connectivity index (χ4n) is 1.93. The van der Waals surface area contributed by atoms with Gasteiger partial charge in [0.15, 0.2) is 0 Å². The van der Waals surface area contributed by atoms with Gasteiger partial charge in [0.25, 0.3) is 0 Å². The van der Waals surface area contributed by atoms with E-state index in [2.05, 4.69) is 10.1 Å². The molecule has 1 aromatic heterocycles. The van der Waals surface area contributed by atoms with E-state index in [4.69, 9.17) is 35.4 Å². The third-order valence-electron chi connectivity index (χ3n) is 3.18. The van der Waals surface area contributed by atoms with Gasteiger partial charge in [-0.25, -0.2) is 9.67 Å². The zero-order chi connectivity index (χ0) is 16.5. The molecule has 22 heavy (non-hydrogen) atoms. The van der Waals surface area contributed by atoms with Crippen LogP contribution < -0.4 is 0 Å². The van der Waals surface area contributed by atoms with Gasteiger partial charge in [-0.05, 0) is 41.4 Å². The van der Waals surface area contributed by atoms with Gasteiger partial charge >= 0.3 is 0 Å². The number of aliphatic hydroxyl groups excluding tert-OH is 1. The van der Waals surface area contributed by atoms with Crippen LogP contribution in [0.5, 0.6) is 0 Å². The highest BCUT2D eigenvalue weighted by Crippen LogP contribution is 2.31. The number of hydrogen-bond donors (Lipinski definition) is 2. The number of halogens is 2. The second-order valence-corrected chi connectivity index (χ2v) is 7.22. The van der Waals surface area contributed by atoms with Crippen molar-refractivity contribution >= 4 is 47.2 Å². The van der Waals surface area contributed by atoms with Gasteiger partial charge in [-0.1, -0.05) is 50.0 Å². The Kier molecular flexibility index (Phi) is 5.12. The summed E-state index contributed by atoms with van der Waals surface area (Å²) < 4.78 is 1.90. The van der Waals surface area contributed by atoms with E-state index in [0.29, 0.717) is 20.5 Å². The molecular formula is C15H17Cl2N3OS. The van der Waals surface area contributed by atoms with Crippen molar-refractivity contribution in [3.63, 3.8) is 0 Å². The molecule has 0 fully saturated rings. The van der Waals surface area contributed by atoms with Gasteiger partial charge in [-0.15, -0.1) is 0 Å². The summed E-state index contributed by atoms with van der Waals surface area (Å²) in [5.41, 5.74) is 0.921. The maximum absolute atomic E-state index is 10.7. The quantitative estimate of drug-likeness (QED) is 0.785. The number of hydrogen-bond acceptors (Lipinski definition) is 3. The third kappa shape index (κ3) is 3.79. The molecule has 0 amide bonds. The van der Waals surface area contributed by atoms with Crippen LogP contribution in [-0.2, 0) is 0 Å². The Bertz CT molecular complexity index is 759. The molecule has 1 aromatic carbocycles. The molecule has 1 unspecified atom stereocenters. The molecule has 0 saturated heterocycles. The number of aromatic amines is 1. The lowest BCUT2D eigenvalue weighted by atomic mass is 9.86. The maximum Gasteiger partial charge on any atom is 0.220 e. The zero-order valence-electron chi connectivity index (χ0n) is 12.5. The molecule has 1 heterocycles. The van der Waals surface area contributed by atoms with Crippen LogP contribution in [-0.4, -0.2) is 26.0 Å². The Morgan fingerprint density at radius 3 is 2.59 bits per heavy atom. The van der Waals surface area contributed by atoms with E-state index in [1.165, 1.54) is 6.33 Å². The molecule has 0 aliphatic rings. The highest BCUT2D eigenvalue weighted by Gasteiger charge is 2.28. The molecule has 1 atom stereocenters. The van der Waals surface area contributed by atoms with Crippen molar-refractivity contribution in [3.8, 4) is 0 Å². The highest BCUT2D eigenvalue weighted by atomic mass is 35.5. The van der Waals surface area contributed by atoms with E-state index in [9.17, 15) is 5.11 Å². The van der Waals surface area contributed by atoms with Crippen molar-refractivity contribution < 1.29 is 5.11 Å². The van der Waals surface area contributed by atoms with Crippen molar-refractivity contribution in [3.05, 3.63) is 44.9 Å². The summed E-state index contributed by atoms with van der Waals surface area (Å²) in [6.45, 7) is 5.82. The smallest absolute Gasteiger partial charge is 0.220 e. The van der Waals surface area contributed by atoms with Gasteiger partial charge in [0.1, 0.15) is 12.4 Å². The second-order valence-electron chi connectivity index (χ2n) is 6.01. The Morgan fingerprint density at radius 2 is 2.09 bits per heavy atom. The first kappa shape index (κ1) is 17.2. The predicted molar refractivity (Wildman–Crippen MR) is 93.5 cm³/mol. The highest BCUT2D eigenvalue weighted by molar-refractivity contribution is 7.71. The monoisotopic (exact) mass is 357 g/mol. The molecule has 118 valence electrons. The zero-order valence-corrected chi connectivity index (χ0v) is 14.8. The molecule has 0 radical (unpaired) electrons. The van der Waals surface area contributed by atoms with Crippen molar-refractivity contribution in [1.29, 1.82) is 0 Å². The van der Waals surface area contributed by atoms with E-state index < -0.39 is 6.10 Å². The van der Waals surface area contributed by atoms with Crippen molar-refractivity contribution in [2.24, 2.45) is 5.41 Å². The number of aliphatic hydroxyl groups is 1. The first-order valence-corrected chi connectivity index (χ1v) is 7.84. The van der Waals surface area contributed by atoms with Crippen LogP contribution in [0, 0.1) is 10.2 Å². The average molecular weight is 358 g/mol. The number of nitrogens with one attached hydrogen (secondary N) is 1. The van der Waals surface area contributed by atoms with Crippen LogP contribution in [0.15, 0.2) is 24.5 Å². The van der Waals surface area contributed by atoms with Crippen LogP contribution in [0.2, 0.25) is 10.0 Å². The molecule has 2 aromatic rings. The average Bonchev–Trinajstić information content (AvgIpc) is 2.82. The van der Waals surface area contributed by atoms with Gasteiger partial charge in [0.05, 0.1) is 5.70 Å². The first-order valence-electron chi connectivity index (χ1n) is 6.67. The van der Waals surface area contributed by atoms with E-state index in [-0.39, 0.29) is 5.41 Å². The number of aromatic nitrogens is 3. The van der Waals surface area contributed by atoms with E-state index in [1.807, 2.05) is 20.8 Å². The minimum Gasteiger partial charge on any atom is -0.386 e. The van der Waals surface area contributed by atoms with Gasteiger partial charge in [0, 0.05) is 10.0 Å². The van der Waals surface area contributed by atoms with Gasteiger partial charge in [0.2, 0.25) is 4.77 Å². The summed E-state index contributed by atoms with van der Waals surface area (Å²) in [5, 5.41) is 14.7. The van der Waals surface area contributed by atoms with Crippen LogP contribution in [0.4, 0.5) is 0 Å². The molecule has 7 heteroatoms. The van der Waals surface area contributed by atoms with Crippen LogP contribution in [0.1, 0.15) is 26.3 Å². The van der Waals surface area contributed by atoms with Crippen LogP contribution in [0.3, 0.4) is 0 Å². The van der Waals surface area contributed by atoms with E-state index in [0.717, 1.165) is 5.56 Å². The molecule has 4 nitrogen and oxygen atoms in total. The van der Waals surface area contributed by atoms with E-state index in [1.54, 1.807) is 29.0 Å². The molecule has 2 rings (SSSR count). The van der Waals surface area contributed by atoms with Crippen molar-refractivity contribution in [2.75, 3.05) is 0 Å². The van der Waals surface area contributed by atoms with Gasteiger partial charge in [-0.2, -0.15) is 0 Å². The van der Waals surface area contributed by atoms with Crippen LogP contribution in [0.25, 0.3) is 11.8 Å². The number of H-pyrrole nitrogens is 1. The number of rotatable bonds is 3. The Hall–Kier alpha value is -1.14. The lowest BCUT2D eigenvalue weighted by molar-refractivity contribution is 0.109. The lowest BCUT2D eigenvalue weighted by Gasteiger charge is -2.28. The summed E-state index contributed by atoms with van der Waals surface area (Å²) in [4.78, 5) is 4.00. The molecule has 0 aliphatic carbocycles. The summed E-state index contributed by atoms with van der Waals surface area (Å²) in [5.74, 6) is 0. The summed E-state index contributed by atoms with van der Waals surface area (Å²) in [6, 6.07) is 5.19. The minimum absolute atomic E-state index is 0.333. The summed E-state index contributed by atoms with van der Waals surface area (Å²) in [6.07, 6.45) is 2.49. The van der Waals surface area contributed by atoms with Gasteiger partial charge in [-0.3, -0.25) is 5.10 Å². The van der Waals surface area contributed by atoms with Crippen molar-refractivity contribution in [1.82, 2.24) is 14.8 Å². The molecule has 0 saturated carbocycles. The Morgan fingerprint density at radius 1 is 1.41 bits per heavy atom. The Balaban J connectivity index is 2.61. The molecule has 0 spiro atoms. The largest absolute Gasteiger partial charge is 0.386 e. The summed E-state index contributed by atoms with van der Waals surface area (Å²) in [7, 11) is 0. The first-order chi connectivity index (χ1) is 10.2. The fourth-order valence-corrected chi connectivity index (χ4v) is 2.60. The SMILES string of the molecule is CC(C)(C)C(O)C(=Cc1ccc(Cl)cc1Cl)n1[nH]cnc1=S. The topological polar surface area (TPSA) is 53.8 Å². The van der Waals surface area contributed by atoms with Gasteiger partial charge < -0.3 is 5.11 Å². The molecule has 0 aliphatic heterocycles. The molecule has 0 bridgehead atoms. The predicted octanol–water partition coefficient (Wildman–Crippen LogP) is 4.65. The standard InChI is InChI=1S/C15H17Cl2N3OS/c1-15(2,3)13(21)12(20-14(22)18-8-19-20)6-9-4-5-10(16)7-11(9)17/h4-8,13,21H,1-3H3,(H,18,19,22). The summed E-state index contributed by atoms with van der Waals surface area (Å²) >= 11 is 17.3. The third-order valence-corrected chi connectivity index (χ3v) is 4.03. The van der Waals surface area contributed by atoms with E-state index >= 15 is 0 Å². The second kappa shape index (κ2) is 6.54. The normalized spacial score (nSPS) is 14.2. The lowest BCUT2D eigenvalue weighted by Crippen LogP contribution is -2.30.